The smallest absolute Gasteiger partial charge is 0.325 e. The average molecular weight is 226 g/mol. The molecule has 0 saturated heterocycles. The van der Waals surface area contributed by atoms with Gasteiger partial charge in [0.2, 0.25) is 0 Å². The molecule has 1 rings (SSSR count). The van der Waals surface area contributed by atoms with Gasteiger partial charge in [-0.2, -0.15) is 0 Å². The predicted octanol–water partition coefficient (Wildman–Crippen LogP) is -1.47. The Morgan fingerprint density at radius 3 is 2.81 bits per heavy atom. The van der Waals surface area contributed by atoms with E-state index in [0.29, 0.717) is 0 Å². The average Bonchev–Trinajstić information content (AvgIpc) is 2.25. The van der Waals surface area contributed by atoms with Gasteiger partial charge >= 0.3 is 5.69 Å². The van der Waals surface area contributed by atoms with Crippen LogP contribution in [0.2, 0.25) is 0 Å². The lowest BCUT2D eigenvalue weighted by atomic mass is 10.2. The molecule has 0 aliphatic carbocycles. The van der Waals surface area contributed by atoms with Crippen LogP contribution in [0.1, 0.15) is 23.7 Å². The van der Waals surface area contributed by atoms with Gasteiger partial charge in [-0.1, -0.05) is 6.92 Å². The third kappa shape index (κ3) is 3.06. The van der Waals surface area contributed by atoms with E-state index >= 15 is 0 Å². The maximum Gasteiger partial charge on any atom is 0.325 e. The third-order valence-corrected chi connectivity index (χ3v) is 2.11. The van der Waals surface area contributed by atoms with E-state index in [2.05, 4.69) is 10.3 Å². The van der Waals surface area contributed by atoms with Crippen LogP contribution in [0.15, 0.2) is 15.8 Å². The van der Waals surface area contributed by atoms with Gasteiger partial charge in [-0.25, -0.2) is 4.79 Å². The van der Waals surface area contributed by atoms with Crippen LogP contribution in [0.25, 0.3) is 0 Å². The highest BCUT2D eigenvalue weighted by Gasteiger charge is 2.11. The predicted molar refractivity (Wildman–Crippen MR) is 58.3 cm³/mol. The van der Waals surface area contributed by atoms with Crippen molar-refractivity contribution in [2.45, 2.75) is 19.4 Å². The van der Waals surface area contributed by atoms with Gasteiger partial charge in [0.05, 0.1) is 0 Å². The van der Waals surface area contributed by atoms with Crippen molar-refractivity contribution in [3.05, 3.63) is 32.6 Å². The number of aromatic nitrogens is 2. The second-order valence-corrected chi connectivity index (χ2v) is 3.36. The lowest BCUT2D eigenvalue weighted by Crippen LogP contribution is -2.39. The van der Waals surface area contributed by atoms with Crippen molar-refractivity contribution in [3.63, 3.8) is 0 Å². The normalized spacial score (nSPS) is 12.1. The summed E-state index contributed by atoms with van der Waals surface area (Å²) >= 11 is 0. The summed E-state index contributed by atoms with van der Waals surface area (Å²) in [5, 5.41) is 2.50. The highest BCUT2D eigenvalue weighted by Crippen LogP contribution is 1.87. The zero-order valence-electron chi connectivity index (χ0n) is 8.87. The number of carbonyl (C=O) groups excluding carboxylic acids is 1. The molecule has 0 aromatic carbocycles. The minimum absolute atomic E-state index is 0.136. The van der Waals surface area contributed by atoms with E-state index in [1.807, 2.05) is 11.9 Å². The number of H-pyrrole nitrogens is 2. The molecule has 0 aliphatic heterocycles. The summed E-state index contributed by atoms with van der Waals surface area (Å²) in [6.07, 6.45) is 1.80. The van der Waals surface area contributed by atoms with Crippen molar-refractivity contribution in [1.82, 2.24) is 15.3 Å². The molecule has 88 valence electrons. The van der Waals surface area contributed by atoms with Crippen molar-refractivity contribution >= 4 is 5.91 Å². The molecule has 0 aliphatic rings. The molecule has 0 fully saturated rings. The molecule has 16 heavy (non-hydrogen) atoms. The Balaban J connectivity index is 2.74. The SMILES string of the molecule is CCC(N)CNC(=O)c1c[nH]c(=O)[nH]c1=O. The lowest BCUT2D eigenvalue weighted by Gasteiger charge is -2.09. The molecule has 0 radical (unpaired) electrons. The first-order chi connectivity index (χ1) is 7.54. The lowest BCUT2D eigenvalue weighted by molar-refractivity contribution is 0.0949. The number of hydrogen-bond donors (Lipinski definition) is 4. The molecule has 1 amide bonds. The van der Waals surface area contributed by atoms with Crippen LogP contribution < -0.4 is 22.3 Å². The summed E-state index contributed by atoms with van der Waals surface area (Å²) in [4.78, 5) is 37.6. The minimum Gasteiger partial charge on any atom is -0.350 e. The molecule has 5 N–H and O–H groups in total. The van der Waals surface area contributed by atoms with Gasteiger partial charge < -0.3 is 16.0 Å². The van der Waals surface area contributed by atoms with Gasteiger partial charge in [0, 0.05) is 18.8 Å². The van der Waals surface area contributed by atoms with E-state index in [9.17, 15) is 14.4 Å². The number of aromatic amines is 2. The standard InChI is InChI=1S/C9H14N4O3/c1-2-5(10)3-11-7(14)6-4-12-9(16)13-8(6)15/h4-5H,2-3,10H2,1H3,(H,11,14)(H2,12,13,15,16). The molecule has 7 heteroatoms. The molecule has 1 heterocycles. The van der Waals surface area contributed by atoms with E-state index in [0.717, 1.165) is 12.6 Å². The Hall–Kier alpha value is -1.89. The van der Waals surface area contributed by atoms with E-state index in [1.165, 1.54) is 0 Å². The van der Waals surface area contributed by atoms with Gasteiger partial charge in [0.15, 0.2) is 0 Å². The fourth-order valence-electron chi connectivity index (χ4n) is 1.04. The van der Waals surface area contributed by atoms with Crippen LogP contribution in [0.3, 0.4) is 0 Å². The van der Waals surface area contributed by atoms with Crippen molar-refractivity contribution < 1.29 is 4.79 Å². The number of amides is 1. The number of nitrogens with one attached hydrogen (secondary N) is 3. The molecule has 7 nitrogen and oxygen atoms in total. The maximum absolute atomic E-state index is 11.5. The topological polar surface area (TPSA) is 121 Å². The zero-order valence-corrected chi connectivity index (χ0v) is 8.87. The largest absolute Gasteiger partial charge is 0.350 e. The molecule has 1 aromatic rings. The van der Waals surface area contributed by atoms with Crippen LogP contribution in [0.4, 0.5) is 0 Å². The summed E-state index contributed by atoms with van der Waals surface area (Å²) in [5.74, 6) is -0.554. The molecular weight excluding hydrogens is 212 g/mol. The highest BCUT2D eigenvalue weighted by atomic mass is 16.2. The summed E-state index contributed by atoms with van der Waals surface area (Å²) in [5.41, 5.74) is 4.10. The second kappa shape index (κ2) is 5.26. The monoisotopic (exact) mass is 226 g/mol. The van der Waals surface area contributed by atoms with E-state index < -0.39 is 17.2 Å². The minimum atomic E-state index is -0.716. The number of hydrogen-bond acceptors (Lipinski definition) is 4. The van der Waals surface area contributed by atoms with E-state index in [1.54, 1.807) is 0 Å². The van der Waals surface area contributed by atoms with Gasteiger partial charge in [0.1, 0.15) is 5.56 Å². The third-order valence-electron chi connectivity index (χ3n) is 2.11. The first-order valence-electron chi connectivity index (χ1n) is 4.90. The Bertz CT molecular complexity index is 476. The molecule has 1 atom stereocenters. The van der Waals surface area contributed by atoms with Crippen LogP contribution in [0, 0.1) is 0 Å². The summed E-state index contributed by atoms with van der Waals surface area (Å²) in [6, 6.07) is -0.147. The Morgan fingerprint density at radius 2 is 2.25 bits per heavy atom. The van der Waals surface area contributed by atoms with Crippen LogP contribution in [0.5, 0.6) is 0 Å². The Labute approximate surface area is 91.1 Å². The second-order valence-electron chi connectivity index (χ2n) is 3.36. The first-order valence-corrected chi connectivity index (χ1v) is 4.90. The molecule has 0 bridgehead atoms. The fraction of sp³-hybridized carbons (Fsp3) is 0.444. The van der Waals surface area contributed by atoms with Crippen LogP contribution in [-0.2, 0) is 0 Å². The van der Waals surface area contributed by atoms with Crippen LogP contribution >= 0.6 is 0 Å². The van der Waals surface area contributed by atoms with E-state index in [4.69, 9.17) is 5.73 Å². The summed E-state index contributed by atoms with van der Waals surface area (Å²) < 4.78 is 0. The van der Waals surface area contributed by atoms with Gasteiger partial charge in [0.25, 0.3) is 11.5 Å². The van der Waals surface area contributed by atoms with Gasteiger partial charge in [-0.05, 0) is 6.42 Å². The van der Waals surface area contributed by atoms with E-state index in [-0.39, 0.29) is 18.2 Å². The molecule has 1 aromatic heterocycles. The van der Waals surface area contributed by atoms with Crippen molar-refractivity contribution in [2.75, 3.05) is 6.54 Å². The van der Waals surface area contributed by atoms with Crippen molar-refractivity contribution in [3.8, 4) is 0 Å². The molecular formula is C9H14N4O3. The quantitative estimate of drug-likeness (QED) is 0.500. The highest BCUT2D eigenvalue weighted by molar-refractivity contribution is 5.93. The van der Waals surface area contributed by atoms with Gasteiger partial charge in [-0.3, -0.25) is 14.6 Å². The zero-order chi connectivity index (χ0) is 12.1. The summed E-state index contributed by atoms with van der Waals surface area (Å²) in [6.45, 7) is 2.18. The van der Waals surface area contributed by atoms with Crippen LogP contribution in [-0.4, -0.2) is 28.5 Å². The van der Waals surface area contributed by atoms with Crippen molar-refractivity contribution in [2.24, 2.45) is 5.73 Å². The van der Waals surface area contributed by atoms with Crippen molar-refractivity contribution in [1.29, 1.82) is 0 Å². The molecule has 0 spiro atoms. The molecule has 0 saturated carbocycles. The molecule has 1 unspecified atom stereocenters. The first kappa shape index (κ1) is 12.2. The fourth-order valence-corrected chi connectivity index (χ4v) is 1.04. The van der Waals surface area contributed by atoms with Gasteiger partial charge in [-0.15, -0.1) is 0 Å². The number of carbonyl (C=O) groups is 1. The summed E-state index contributed by atoms with van der Waals surface area (Å²) in [7, 11) is 0. The number of rotatable bonds is 4. The Kier molecular flexibility index (Phi) is 4.01. The maximum atomic E-state index is 11.5. The Morgan fingerprint density at radius 1 is 1.56 bits per heavy atom. The number of nitrogens with two attached hydrogens (primary N) is 1.